The Labute approximate surface area is 89.7 Å². The molecule has 3 N–H and O–H groups in total. The molecule has 3 nitrogen and oxygen atoms in total. The second-order valence-corrected chi connectivity index (χ2v) is 4.07. The topological polar surface area (TPSA) is 55.1 Å². The van der Waals surface area contributed by atoms with Gasteiger partial charge in [0.25, 0.3) is 0 Å². The van der Waals surface area contributed by atoms with Crippen molar-refractivity contribution in [2.45, 2.75) is 31.3 Å². The lowest BCUT2D eigenvalue weighted by Crippen LogP contribution is -2.37. The second-order valence-electron chi connectivity index (χ2n) is 4.07. The molecule has 1 aliphatic heterocycles. The number of benzene rings is 1. The number of nitrogens with two attached hydrogens (primary N) is 1. The SMILES string of the molecule is NC1CC(=O)N[C@H]1CCc1ccccc1. The fourth-order valence-corrected chi connectivity index (χ4v) is 1.98. The summed E-state index contributed by atoms with van der Waals surface area (Å²) in [6.45, 7) is 0. The molecule has 0 bridgehead atoms. The van der Waals surface area contributed by atoms with Crippen LogP contribution >= 0.6 is 0 Å². The number of rotatable bonds is 3. The van der Waals surface area contributed by atoms with Crippen LogP contribution in [0.1, 0.15) is 18.4 Å². The summed E-state index contributed by atoms with van der Waals surface area (Å²) in [6.07, 6.45) is 2.37. The number of carbonyl (C=O) groups excluding carboxylic acids is 1. The normalized spacial score (nSPS) is 25.3. The largest absolute Gasteiger partial charge is 0.352 e. The molecule has 1 aliphatic rings. The van der Waals surface area contributed by atoms with E-state index < -0.39 is 0 Å². The van der Waals surface area contributed by atoms with Crippen molar-refractivity contribution < 1.29 is 4.79 Å². The van der Waals surface area contributed by atoms with Gasteiger partial charge >= 0.3 is 0 Å². The van der Waals surface area contributed by atoms with Gasteiger partial charge in [-0.15, -0.1) is 0 Å². The van der Waals surface area contributed by atoms with Gasteiger partial charge in [-0.05, 0) is 18.4 Å². The fraction of sp³-hybridized carbons (Fsp3) is 0.417. The van der Waals surface area contributed by atoms with Gasteiger partial charge < -0.3 is 11.1 Å². The molecule has 2 rings (SSSR count). The first-order chi connectivity index (χ1) is 7.25. The van der Waals surface area contributed by atoms with E-state index in [1.165, 1.54) is 5.56 Å². The summed E-state index contributed by atoms with van der Waals surface area (Å²) in [6, 6.07) is 10.4. The molecule has 15 heavy (non-hydrogen) atoms. The Kier molecular flexibility index (Phi) is 3.02. The Morgan fingerprint density at radius 1 is 1.33 bits per heavy atom. The Hall–Kier alpha value is -1.35. The highest BCUT2D eigenvalue weighted by molar-refractivity contribution is 5.79. The van der Waals surface area contributed by atoms with E-state index in [2.05, 4.69) is 17.4 Å². The quantitative estimate of drug-likeness (QED) is 0.766. The van der Waals surface area contributed by atoms with E-state index in [1.807, 2.05) is 18.2 Å². The Bertz CT molecular complexity index is 337. The van der Waals surface area contributed by atoms with Crippen LogP contribution in [-0.2, 0) is 11.2 Å². The van der Waals surface area contributed by atoms with Gasteiger partial charge in [0, 0.05) is 18.5 Å². The van der Waals surface area contributed by atoms with E-state index in [0.717, 1.165) is 12.8 Å². The second kappa shape index (κ2) is 4.45. The first-order valence-electron chi connectivity index (χ1n) is 5.34. The van der Waals surface area contributed by atoms with E-state index >= 15 is 0 Å². The monoisotopic (exact) mass is 204 g/mol. The predicted molar refractivity (Wildman–Crippen MR) is 59.3 cm³/mol. The third-order valence-corrected chi connectivity index (χ3v) is 2.87. The summed E-state index contributed by atoms with van der Waals surface area (Å²) in [5.41, 5.74) is 7.15. The van der Waals surface area contributed by atoms with E-state index in [4.69, 9.17) is 5.73 Å². The minimum absolute atomic E-state index is 0.0128. The molecular formula is C12H16N2O. The maximum absolute atomic E-state index is 11.1. The average Bonchev–Trinajstić information content (AvgIpc) is 2.56. The smallest absolute Gasteiger partial charge is 0.221 e. The highest BCUT2D eigenvalue weighted by Crippen LogP contribution is 2.12. The first kappa shape index (κ1) is 10.2. The number of nitrogens with one attached hydrogen (secondary N) is 1. The van der Waals surface area contributed by atoms with Crippen LogP contribution in [0.4, 0.5) is 0 Å². The molecule has 1 amide bonds. The standard InChI is InChI=1S/C12H16N2O/c13-10-8-12(15)14-11(10)7-6-9-4-2-1-3-5-9/h1-5,10-11H,6-8,13H2,(H,14,15)/t10?,11-/m0/s1. The third kappa shape index (κ3) is 2.57. The van der Waals surface area contributed by atoms with Crippen molar-refractivity contribution in [3.63, 3.8) is 0 Å². The zero-order chi connectivity index (χ0) is 10.7. The summed E-state index contributed by atoms with van der Waals surface area (Å²) < 4.78 is 0. The van der Waals surface area contributed by atoms with Crippen LogP contribution in [0.3, 0.4) is 0 Å². The van der Waals surface area contributed by atoms with Crippen molar-refractivity contribution in [2.75, 3.05) is 0 Å². The highest BCUT2D eigenvalue weighted by atomic mass is 16.2. The first-order valence-corrected chi connectivity index (χ1v) is 5.34. The molecule has 80 valence electrons. The molecule has 0 spiro atoms. The van der Waals surface area contributed by atoms with E-state index in [9.17, 15) is 4.79 Å². The summed E-state index contributed by atoms with van der Waals surface area (Å²) in [4.78, 5) is 11.1. The molecule has 0 saturated carbocycles. The number of aryl methyl sites for hydroxylation is 1. The van der Waals surface area contributed by atoms with Crippen molar-refractivity contribution in [3.8, 4) is 0 Å². The minimum atomic E-state index is -0.0128. The van der Waals surface area contributed by atoms with Crippen LogP contribution < -0.4 is 11.1 Å². The fourth-order valence-electron chi connectivity index (χ4n) is 1.98. The van der Waals surface area contributed by atoms with Crippen molar-refractivity contribution in [2.24, 2.45) is 5.73 Å². The van der Waals surface area contributed by atoms with Gasteiger partial charge in [0.2, 0.25) is 5.91 Å². The molecule has 2 atom stereocenters. The van der Waals surface area contributed by atoms with Crippen LogP contribution in [-0.4, -0.2) is 18.0 Å². The molecule has 0 aliphatic carbocycles. The number of hydrogen-bond acceptors (Lipinski definition) is 2. The van der Waals surface area contributed by atoms with Crippen LogP contribution in [0, 0.1) is 0 Å². The molecule has 1 saturated heterocycles. The Morgan fingerprint density at radius 3 is 2.67 bits per heavy atom. The van der Waals surface area contributed by atoms with Crippen molar-refractivity contribution >= 4 is 5.91 Å². The molecule has 0 radical (unpaired) electrons. The zero-order valence-electron chi connectivity index (χ0n) is 8.65. The van der Waals surface area contributed by atoms with Gasteiger partial charge in [0.15, 0.2) is 0 Å². The lowest BCUT2D eigenvalue weighted by molar-refractivity contribution is -0.119. The van der Waals surface area contributed by atoms with Gasteiger partial charge in [-0.1, -0.05) is 30.3 Å². The molecule has 1 heterocycles. The molecule has 3 heteroatoms. The lowest BCUT2D eigenvalue weighted by Gasteiger charge is -2.14. The summed E-state index contributed by atoms with van der Waals surface area (Å²) >= 11 is 0. The molecule has 1 aromatic rings. The lowest BCUT2D eigenvalue weighted by atomic mass is 10.0. The van der Waals surface area contributed by atoms with E-state index in [1.54, 1.807) is 0 Å². The van der Waals surface area contributed by atoms with Gasteiger partial charge in [-0.25, -0.2) is 0 Å². The van der Waals surface area contributed by atoms with Gasteiger partial charge in [0.05, 0.1) is 0 Å². The van der Waals surface area contributed by atoms with Crippen molar-refractivity contribution in [1.82, 2.24) is 5.32 Å². The highest BCUT2D eigenvalue weighted by Gasteiger charge is 2.28. The van der Waals surface area contributed by atoms with Crippen molar-refractivity contribution in [3.05, 3.63) is 35.9 Å². The third-order valence-electron chi connectivity index (χ3n) is 2.87. The number of carbonyl (C=O) groups is 1. The number of amides is 1. The Morgan fingerprint density at radius 2 is 2.07 bits per heavy atom. The molecule has 1 aromatic carbocycles. The molecule has 1 fully saturated rings. The minimum Gasteiger partial charge on any atom is -0.352 e. The summed E-state index contributed by atoms with van der Waals surface area (Å²) in [5.74, 6) is 0.0839. The zero-order valence-corrected chi connectivity index (χ0v) is 8.65. The Balaban J connectivity index is 1.86. The number of hydrogen-bond donors (Lipinski definition) is 2. The van der Waals surface area contributed by atoms with Crippen molar-refractivity contribution in [1.29, 1.82) is 0 Å². The maximum Gasteiger partial charge on any atom is 0.221 e. The average molecular weight is 204 g/mol. The van der Waals surface area contributed by atoms with Crippen LogP contribution in [0.25, 0.3) is 0 Å². The maximum atomic E-state index is 11.1. The van der Waals surface area contributed by atoms with Crippen LogP contribution in [0.15, 0.2) is 30.3 Å². The molecule has 0 aromatic heterocycles. The van der Waals surface area contributed by atoms with Gasteiger partial charge in [0.1, 0.15) is 0 Å². The van der Waals surface area contributed by atoms with Gasteiger partial charge in [-0.3, -0.25) is 4.79 Å². The van der Waals surface area contributed by atoms with E-state index in [-0.39, 0.29) is 18.0 Å². The van der Waals surface area contributed by atoms with E-state index in [0.29, 0.717) is 6.42 Å². The molecule has 1 unspecified atom stereocenters. The van der Waals surface area contributed by atoms with Crippen LogP contribution in [0.2, 0.25) is 0 Å². The summed E-state index contributed by atoms with van der Waals surface area (Å²) in [7, 11) is 0. The van der Waals surface area contributed by atoms with Gasteiger partial charge in [-0.2, -0.15) is 0 Å². The summed E-state index contributed by atoms with van der Waals surface area (Å²) in [5, 5.41) is 2.91. The van der Waals surface area contributed by atoms with Crippen LogP contribution in [0.5, 0.6) is 0 Å². The predicted octanol–water partition coefficient (Wildman–Crippen LogP) is 0.835. The molecular weight excluding hydrogens is 188 g/mol.